The minimum atomic E-state index is 0.651. The SMILES string of the molecule is C=COCCn1cccc1-c1ccccc1. The van der Waals surface area contributed by atoms with Crippen molar-refractivity contribution in [2.45, 2.75) is 6.54 Å². The van der Waals surface area contributed by atoms with Crippen molar-refractivity contribution in [2.75, 3.05) is 6.61 Å². The first kappa shape index (κ1) is 10.6. The van der Waals surface area contributed by atoms with E-state index in [0.29, 0.717) is 6.61 Å². The first-order chi connectivity index (χ1) is 7.92. The molecule has 0 aliphatic heterocycles. The Hall–Kier alpha value is -1.96. The summed E-state index contributed by atoms with van der Waals surface area (Å²) >= 11 is 0. The zero-order valence-corrected chi connectivity index (χ0v) is 9.17. The summed E-state index contributed by atoms with van der Waals surface area (Å²) in [5, 5.41) is 0. The summed E-state index contributed by atoms with van der Waals surface area (Å²) in [6.45, 7) is 5.02. The van der Waals surface area contributed by atoms with Gasteiger partial charge in [0.25, 0.3) is 0 Å². The lowest BCUT2D eigenvalue weighted by molar-refractivity contribution is 0.237. The predicted molar refractivity (Wildman–Crippen MR) is 66.0 cm³/mol. The molecule has 0 saturated heterocycles. The molecule has 16 heavy (non-hydrogen) atoms. The maximum Gasteiger partial charge on any atom is 0.105 e. The van der Waals surface area contributed by atoms with E-state index in [1.165, 1.54) is 17.5 Å². The molecule has 0 fully saturated rings. The van der Waals surface area contributed by atoms with Gasteiger partial charge in [-0.25, -0.2) is 0 Å². The van der Waals surface area contributed by atoms with Crippen LogP contribution in [0.1, 0.15) is 0 Å². The zero-order valence-electron chi connectivity index (χ0n) is 9.17. The second-order valence-electron chi connectivity index (χ2n) is 3.49. The number of hydrogen-bond donors (Lipinski definition) is 0. The summed E-state index contributed by atoms with van der Waals surface area (Å²) in [6.07, 6.45) is 3.54. The van der Waals surface area contributed by atoms with E-state index >= 15 is 0 Å². The van der Waals surface area contributed by atoms with Gasteiger partial charge in [0.2, 0.25) is 0 Å². The predicted octanol–water partition coefficient (Wildman–Crippen LogP) is 3.32. The highest BCUT2D eigenvalue weighted by molar-refractivity contribution is 5.59. The van der Waals surface area contributed by atoms with E-state index in [-0.39, 0.29) is 0 Å². The minimum Gasteiger partial charge on any atom is -0.500 e. The Morgan fingerprint density at radius 3 is 2.69 bits per heavy atom. The molecule has 1 aromatic carbocycles. The number of rotatable bonds is 5. The molecule has 0 bridgehead atoms. The Bertz CT molecular complexity index is 445. The average Bonchev–Trinajstić information content (AvgIpc) is 2.79. The van der Waals surface area contributed by atoms with Gasteiger partial charge in [0.15, 0.2) is 0 Å². The van der Waals surface area contributed by atoms with E-state index in [1.807, 2.05) is 18.2 Å². The summed E-state index contributed by atoms with van der Waals surface area (Å²) < 4.78 is 7.32. The molecule has 0 radical (unpaired) electrons. The molecule has 0 aliphatic rings. The number of nitrogens with zero attached hydrogens (tertiary/aromatic N) is 1. The van der Waals surface area contributed by atoms with E-state index < -0.39 is 0 Å². The van der Waals surface area contributed by atoms with Crippen LogP contribution < -0.4 is 0 Å². The highest BCUT2D eigenvalue weighted by Crippen LogP contribution is 2.19. The summed E-state index contributed by atoms with van der Waals surface area (Å²) in [6, 6.07) is 14.5. The van der Waals surface area contributed by atoms with Crippen LogP contribution in [0.5, 0.6) is 0 Å². The van der Waals surface area contributed by atoms with Gasteiger partial charge < -0.3 is 9.30 Å². The quantitative estimate of drug-likeness (QED) is 0.549. The second-order valence-corrected chi connectivity index (χ2v) is 3.49. The van der Waals surface area contributed by atoms with Crippen molar-refractivity contribution in [1.29, 1.82) is 0 Å². The molecule has 2 nitrogen and oxygen atoms in total. The van der Waals surface area contributed by atoms with E-state index in [1.54, 1.807) is 0 Å². The Morgan fingerprint density at radius 1 is 1.12 bits per heavy atom. The number of benzene rings is 1. The molecule has 2 rings (SSSR count). The van der Waals surface area contributed by atoms with Crippen molar-refractivity contribution in [2.24, 2.45) is 0 Å². The van der Waals surface area contributed by atoms with Crippen LogP contribution in [0.2, 0.25) is 0 Å². The zero-order chi connectivity index (χ0) is 11.2. The van der Waals surface area contributed by atoms with Crippen LogP contribution in [0.4, 0.5) is 0 Å². The van der Waals surface area contributed by atoms with Crippen LogP contribution in [-0.4, -0.2) is 11.2 Å². The Kier molecular flexibility index (Phi) is 3.44. The fraction of sp³-hybridized carbons (Fsp3) is 0.143. The van der Waals surface area contributed by atoms with Crippen LogP contribution in [0.15, 0.2) is 61.5 Å². The van der Waals surface area contributed by atoms with Crippen molar-refractivity contribution in [3.63, 3.8) is 0 Å². The fourth-order valence-electron chi connectivity index (χ4n) is 1.71. The first-order valence-electron chi connectivity index (χ1n) is 5.35. The lowest BCUT2D eigenvalue weighted by Gasteiger charge is -2.08. The standard InChI is InChI=1S/C14H15NO/c1-2-16-12-11-15-10-6-9-14(15)13-7-4-3-5-8-13/h2-10H,1,11-12H2. The van der Waals surface area contributed by atoms with Gasteiger partial charge >= 0.3 is 0 Å². The van der Waals surface area contributed by atoms with Gasteiger partial charge in [-0.1, -0.05) is 36.9 Å². The van der Waals surface area contributed by atoms with Crippen molar-refractivity contribution in [3.8, 4) is 11.3 Å². The molecular formula is C14H15NO. The van der Waals surface area contributed by atoms with Crippen LogP contribution in [0, 0.1) is 0 Å². The third-order valence-corrected chi connectivity index (χ3v) is 2.47. The maximum atomic E-state index is 5.14. The van der Waals surface area contributed by atoms with Crippen molar-refractivity contribution < 1.29 is 4.74 Å². The molecule has 0 atom stereocenters. The van der Waals surface area contributed by atoms with E-state index in [4.69, 9.17) is 4.74 Å². The smallest absolute Gasteiger partial charge is 0.105 e. The van der Waals surface area contributed by atoms with Gasteiger partial charge in [-0.3, -0.25) is 0 Å². The van der Waals surface area contributed by atoms with Gasteiger partial charge in [0.1, 0.15) is 6.61 Å². The molecule has 0 unspecified atom stereocenters. The topological polar surface area (TPSA) is 14.2 Å². The Morgan fingerprint density at radius 2 is 1.94 bits per heavy atom. The number of hydrogen-bond acceptors (Lipinski definition) is 1. The van der Waals surface area contributed by atoms with Crippen LogP contribution in [0.25, 0.3) is 11.3 Å². The van der Waals surface area contributed by atoms with Crippen molar-refractivity contribution >= 4 is 0 Å². The normalized spacial score (nSPS) is 10.0. The van der Waals surface area contributed by atoms with Gasteiger partial charge in [-0.15, -0.1) is 0 Å². The molecule has 1 aromatic heterocycles. The number of ether oxygens (including phenoxy) is 1. The molecular weight excluding hydrogens is 198 g/mol. The Labute approximate surface area is 95.8 Å². The van der Waals surface area contributed by atoms with Gasteiger partial charge in [0.05, 0.1) is 12.8 Å². The summed E-state index contributed by atoms with van der Waals surface area (Å²) in [5.41, 5.74) is 2.44. The van der Waals surface area contributed by atoms with Gasteiger partial charge in [-0.05, 0) is 17.7 Å². The maximum absolute atomic E-state index is 5.14. The molecule has 0 amide bonds. The molecule has 0 saturated carbocycles. The first-order valence-corrected chi connectivity index (χ1v) is 5.35. The van der Waals surface area contributed by atoms with E-state index in [2.05, 4.69) is 41.6 Å². The summed E-state index contributed by atoms with van der Waals surface area (Å²) in [4.78, 5) is 0. The third kappa shape index (κ3) is 2.34. The van der Waals surface area contributed by atoms with Crippen molar-refractivity contribution in [1.82, 2.24) is 4.57 Å². The molecule has 1 heterocycles. The summed E-state index contributed by atoms with van der Waals surface area (Å²) in [7, 11) is 0. The molecule has 2 aromatic rings. The minimum absolute atomic E-state index is 0.651. The monoisotopic (exact) mass is 213 g/mol. The van der Waals surface area contributed by atoms with Gasteiger partial charge in [0, 0.05) is 11.9 Å². The van der Waals surface area contributed by atoms with Crippen molar-refractivity contribution in [3.05, 3.63) is 61.5 Å². The molecule has 82 valence electrons. The lowest BCUT2D eigenvalue weighted by atomic mass is 10.1. The van der Waals surface area contributed by atoms with E-state index in [9.17, 15) is 0 Å². The van der Waals surface area contributed by atoms with Crippen LogP contribution in [0.3, 0.4) is 0 Å². The second kappa shape index (κ2) is 5.21. The van der Waals surface area contributed by atoms with Crippen LogP contribution >= 0.6 is 0 Å². The highest BCUT2D eigenvalue weighted by atomic mass is 16.5. The molecule has 2 heteroatoms. The molecule has 0 aliphatic carbocycles. The van der Waals surface area contributed by atoms with Crippen LogP contribution in [-0.2, 0) is 11.3 Å². The number of aromatic nitrogens is 1. The highest BCUT2D eigenvalue weighted by Gasteiger charge is 2.02. The average molecular weight is 213 g/mol. The Balaban J connectivity index is 2.16. The fourth-order valence-corrected chi connectivity index (χ4v) is 1.71. The van der Waals surface area contributed by atoms with E-state index in [0.717, 1.165) is 6.54 Å². The van der Waals surface area contributed by atoms with Gasteiger partial charge in [-0.2, -0.15) is 0 Å². The third-order valence-electron chi connectivity index (χ3n) is 2.47. The molecule has 0 spiro atoms. The summed E-state index contributed by atoms with van der Waals surface area (Å²) in [5.74, 6) is 0. The largest absolute Gasteiger partial charge is 0.500 e. The lowest BCUT2D eigenvalue weighted by Crippen LogP contribution is -2.03. The molecule has 0 N–H and O–H groups in total.